The largest absolute Gasteiger partial charge is 0.439 e. The molecule has 1 aromatic heterocycles. The summed E-state index contributed by atoms with van der Waals surface area (Å²) in [5, 5.41) is 5.68. The van der Waals surface area contributed by atoms with Gasteiger partial charge in [0.15, 0.2) is 0 Å². The lowest BCUT2D eigenvalue weighted by molar-refractivity contribution is 0.132. The Morgan fingerprint density at radius 2 is 1.55 bits per heavy atom. The van der Waals surface area contributed by atoms with Gasteiger partial charge in [0.2, 0.25) is 11.8 Å². The van der Waals surface area contributed by atoms with Crippen molar-refractivity contribution in [2.24, 2.45) is 0 Å². The minimum atomic E-state index is -0.310. The van der Waals surface area contributed by atoms with Gasteiger partial charge in [-0.3, -0.25) is 4.90 Å². The van der Waals surface area contributed by atoms with Crippen LogP contribution in [0.1, 0.15) is 12.5 Å². The number of carbonyl (C=O) groups is 1. The Labute approximate surface area is 193 Å². The zero-order chi connectivity index (χ0) is 23.0. The molecule has 0 aliphatic carbocycles. The molecule has 3 aromatic rings. The molecule has 172 valence electrons. The predicted octanol–water partition coefficient (Wildman–Crippen LogP) is 3.63. The monoisotopic (exact) mass is 447 g/mol. The molecule has 0 bridgehead atoms. The number of hydrogen-bond acceptors (Lipinski definition) is 7. The van der Waals surface area contributed by atoms with Gasteiger partial charge in [-0.25, -0.2) is 9.78 Å². The van der Waals surface area contributed by atoms with E-state index < -0.39 is 0 Å². The number of benzene rings is 2. The zero-order valence-corrected chi connectivity index (χ0v) is 18.7. The van der Waals surface area contributed by atoms with E-state index in [2.05, 4.69) is 49.5 Å². The van der Waals surface area contributed by atoms with Gasteiger partial charge in [-0.1, -0.05) is 19.1 Å². The molecule has 0 unspecified atom stereocenters. The molecule has 1 aliphatic rings. The van der Waals surface area contributed by atoms with E-state index in [9.17, 15) is 4.79 Å². The van der Waals surface area contributed by atoms with Crippen LogP contribution >= 0.6 is 0 Å². The lowest BCUT2D eigenvalue weighted by Gasteiger charge is -2.34. The van der Waals surface area contributed by atoms with Gasteiger partial charge in [0, 0.05) is 56.4 Å². The second kappa shape index (κ2) is 10.8. The average molecular weight is 448 g/mol. The molecule has 4 rings (SSSR count). The Morgan fingerprint density at radius 1 is 0.939 bits per heavy atom. The third-order valence-corrected chi connectivity index (χ3v) is 5.51. The number of piperazine rings is 1. The molecule has 9 heteroatoms. The molecule has 9 nitrogen and oxygen atoms in total. The number of anilines is 3. The number of carbonyl (C=O) groups excluding carboxylic acids is 1. The first-order chi connectivity index (χ1) is 16.1. The molecule has 2 heterocycles. The fourth-order valence-corrected chi connectivity index (χ4v) is 3.65. The summed E-state index contributed by atoms with van der Waals surface area (Å²) in [4.78, 5) is 25.1. The summed E-state index contributed by atoms with van der Waals surface area (Å²) in [5.41, 5.74) is 8.18. The highest BCUT2D eigenvalue weighted by molar-refractivity contribution is 5.99. The molecule has 33 heavy (non-hydrogen) atoms. The number of nitrogens with two attached hydrogens (primary N) is 1. The molecule has 0 radical (unpaired) electrons. The van der Waals surface area contributed by atoms with Crippen LogP contribution in [-0.4, -0.2) is 58.5 Å². The third kappa shape index (κ3) is 6.64. The van der Waals surface area contributed by atoms with Crippen LogP contribution in [0.25, 0.3) is 0 Å². The molecular formula is C24H29N7O2. The van der Waals surface area contributed by atoms with E-state index >= 15 is 0 Å². The number of nitrogens with zero attached hydrogens (tertiary/aromatic N) is 4. The third-order valence-electron chi connectivity index (χ3n) is 5.51. The van der Waals surface area contributed by atoms with Crippen LogP contribution < -0.4 is 21.1 Å². The lowest BCUT2D eigenvalue weighted by atomic mass is 10.2. The van der Waals surface area contributed by atoms with Crippen molar-refractivity contribution in [3.05, 3.63) is 66.4 Å². The number of nitrogens with one attached hydrogen (secondary N) is 2. The van der Waals surface area contributed by atoms with Crippen LogP contribution in [-0.2, 0) is 6.54 Å². The van der Waals surface area contributed by atoms with Gasteiger partial charge in [-0.2, -0.15) is 4.98 Å². The van der Waals surface area contributed by atoms with E-state index in [1.54, 1.807) is 30.3 Å². The fraction of sp³-hybridized carbons (Fsp3) is 0.292. The number of nitrogen functional groups attached to an aromatic ring is 1. The second-order valence-corrected chi connectivity index (χ2v) is 7.87. The summed E-state index contributed by atoms with van der Waals surface area (Å²) in [5.74, 6) is 1.07. The van der Waals surface area contributed by atoms with Gasteiger partial charge >= 0.3 is 6.03 Å². The topological polar surface area (TPSA) is 109 Å². The second-order valence-electron chi connectivity index (χ2n) is 7.87. The van der Waals surface area contributed by atoms with E-state index in [1.165, 1.54) is 11.8 Å². The maximum absolute atomic E-state index is 12.4. The maximum atomic E-state index is 12.4. The molecule has 4 N–H and O–H groups in total. The van der Waals surface area contributed by atoms with Gasteiger partial charge in [0.05, 0.1) is 0 Å². The number of rotatable bonds is 7. The minimum Gasteiger partial charge on any atom is -0.439 e. The molecule has 1 saturated heterocycles. The van der Waals surface area contributed by atoms with Gasteiger partial charge in [0.1, 0.15) is 5.75 Å². The van der Waals surface area contributed by atoms with Gasteiger partial charge in [-0.15, -0.1) is 0 Å². The number of likely N-dealkylation sites (N-methyl/N-ethyl adjacent to an activating group) is 1. The van der Waals surface area contributed by atoms with E-state index in [0.717, 1.165) is 45.0 Å². The number of amides is 2. The van der Waals surface area contributed by atoms with Crippen molar-refractivity contribution in [2.45, 2.75) is 13.5 Å². The summed E-state index contributed by atoms with van der Waals surface area (Å²) in [6, 6.07) is 16.3. The van der Waals surface area contributed by atoms with Gasteiger partial charge in [-0.05, 0) is 48.5 Å². The summed E-state index contributed by atoms with van der Waals surface area (Å²) in [6.07, 6.45) is 1.53. The van der Waals surface area contributed by atoms with Crippen LogP contribution in [0.5, 0.6) is 11.6 Å². The van der Waals surface area contributed by atoms with Crippen molar-refractivity contribution in [3.63, 3.8) is 0 Å². The van der Waals surface area contributed by atoms with E-state index in [0.29, 0.717) is 17.3 Å². The van der Waals surface area contributed by atoms with Crippen molar-refractivity contribution in [1.82, 2.24) is 19.8 Å². The first-order valence-electron chi connectivity index (χ1n) is 11.1. The van der Waals surface area contributed by atoms with Crippen LogP contribution in [0.15, 0.2) is 60.8 Å². The van der Waals surface area contributed by atoms with Crippen molar-refractivity contribution in [1.29, 1.82) is 0 Å². The van der Waals surface area contributed by atoms with Crippen LogP contribution in [0.3, 0.4) is 0 Å². The highest BCUT2D eigenvalue weighted by atomic mass is 16.5. The number of ether oxygens (including phenoxy) is 1. The molecule has 2 amide bonds. The Morgan fingerprint density at radius 3 is 2.15 bits per heavy atom. The van der Waals surface area contributed by atoms with Gasteiger partial charge in [0.25, 0.3) is 0 Å². The Bertz CT molecular complexity index is 1050. The quantitative estimate of drug-likeness (QED) is 0.507. The molecule has 0 saturated carbocycles. The van der Waals surface area contributed by atoms with E-state index in [-0.39, 0.29) is 12.0 Å². The predicted molar refractivity (Wildman–Crippen MR) is 129 cm³/mol. The Hall–Kier alpha value is -3.69. The first-order valence-corrected chi connectivity index (χ1v) is 11.1. The average Bonchev–Trinajstić information content (AvgIpc) is 2.82. The molecule has 0 atom stereocenters. The summed E-state index contributed by atoms with van der Waals surface area (Å²) in [6.45, 7) is 8.68. The van der Waals surface area contributed by atoms with Crippen molar-refractivity contribution in [3.8, 4) is 11.6 Å². The highest BCUT2D eigenvalue weighted by Gasteiger charge is 2.15. The maximum Gasteiger partial charge on any atom is 0.323 e. The van der Waals surface area contributed by atoms with Crippen LogP contribution in [0.4, 0.5) is 22.1 Å². The molecular weight excluding hydrogens is 418 g/mol. The molecule has 0 spiro atoms. The Balaban J connectivity index is 1.24. The van der Waals surface area contributed by atoms with Crippen molar-refractivity contribution >= 4 is 23.4 Å². The van der Waals surface area contributed by atoms with E-state index in [1.807, 2.05) is 12.1 Å². The zero-order valence-electron chi connectivity index (χ0n) is 18.7. The highest BCUT2D eigenvalue weighted by Crippen LogP contribution is 2.22. The first kappa shape index (κ1) is 22.5. The lowest BCUT2D eigenvalue weighted by Crippen LogP contribution is -2.45. The molecule has 1 fully saturated rings. The summed E-state index contributed by atoms with van der Waals surface area (Å²) < 4.78 is 5.63. The van der Waals surface area contributed by atoms with Crippen molar-refractivity contribution in [2.75, 3.05) is 49.1 Å². The SMILES string of the molecule is CCN1CCN(Cc2ccc(NC(=O)Nc3ccc(Oc4ccnc(N)n4)cc3)cc2)CC1. The van der Waals surface area contributed by atoms with Crippen LogP contribution in [0, 0.1) is 0 Å². The normalized spacial score (nSPS) is 14.6. The molecule has 2 aromatic carbocycles. The van der Waals surface area contributed by atoms with E-state index in [4.69, 9.17) is 10.5 Å². The number of hydrogen-bond donors (Lipinski definition) is 3. The van der Waals surface area contributed by atoms with Gasteiger partial charge < -0.3 is 26.0 Å². The van der Waals surface area contributed by atoms with Crippen molar-refractivity contribution < 1.29 is 9.53 Å². The smallest absolute Gasteiger partial charge is 0.323 e. The number of aromatic nitrogens is 2. The number of urea groups is 1. The minimum absolute atomic E-state index is 0.144. The summed E-state index contributed by atoms with van der Waals surface area (Å²) in [7, 11) is 0. The van der Waals surface area contributed by atoms with Crippen LogP contribution in [0.2, 0.25) is 0 Å². The standard InChI is InChI=1S/C24H29N7O2/c1-2-30-13-15-31(16-14-30)17-18-3-5-19(6-4-18)27-24(32)28-20-7-9-21(10-8-20)33-22-11-12-26-23(25)29-22/h3-12H,2,13-17H2,1H3,(H2,25,26,29)(H2,27,28,32). The fourth-order valence-electron chi connectivity index (χ4n) is 3.65. The molecule has 1 aliphatic heterocycles. The summed E-state index contributed by atoms with van der Waals surface area (Å²) >= 11 is 0. The Kier molecular flexibility index (Phi) is 7.33.